The van der Waals surface area contributed by atoms with Crippen molar-refractivity contribution in [1.82, 2.24) is 0 Å². The van der Waals surface area contributed by atoms with E-state index in [4.69, 9.17) is 0 Å². The normalized spacial score (nSPS) is 38.3. The van der Waals surface area contributed by atoms with Crippen molar-refractivity contribution in [2.45, 2.75) is 24.6 Å². The molecule has 2 aliphatic rings. The molecule has 0 aliphatic carbocycles. The first-order valence-corrected chi connectivity index (χ1v) is 8.73. The molecule has 130 valence electrons. The van der Waals surface area contributed by atoms with E-state index in [1.807, 2.05) is 0 Å². The lowest BCUT2D eigenvalue weighted by Gasteiger charge is -2.27. The van der Waals surface area contributed by atoms with Gasteiger partial charge in [0.25, 0.3) is 20.2 Å². The lowest BCUT2D eigenvalue weighted by Crippen LogP contribution is -2.46. The minimum atomic E-state index is -5.19. The monoisotopic (exact) mass is 378 g/mol. The smallest absolute Gasteiger partial charge is 0.263 e. The van der Waals surface area contributed by atoms with E-state index < -0.39 is 68.1 Å². The Bertz CT molecular complexity index is 592. The third kappa shape index (κ3) is 3.49. The van der Waals surface area contributed by atoms with Gasteiger partial charge in [-0.3, -0.25) is 8.37 Å². The predicted molar refractivity (Wildman–Crippen MR) is 56.4 cm³/mol. The van der Waals surface area contributed by atoms with E-state index in [2.05, 4.69) is 8.37 Å². The third-order valence-electron chi connectivity index (χ3n) is 3.24. The van der Waals surface area contributed by atoms with E-state index in [9.17, 15) is 43.2 Å². The van der Waals surface area contributed by atoms with Gasteiger partial charge in [0.2, 0.25) is 0 Å². The minimum absolute atomic E-state index is 1.59. The molecular weight excluding hydrogens is 370 g/mol. The average molecular weight is 378 g/mol. The molecule has 0 saturated carbocycles. The molecule has 4 atom stereocenters. The first kappa shape index (κ1) is 17.7. The number of hydrogen-bond acceptors (Lipinski definition) is 6. The van der Waals surface area contributed by atoms with Gasteiger partial charge in [-0.2, -0.15) is 43.2 Å². The van der Waals surface area contributed by atoms with E-state index in [0.717, 1.165) is 0 Å². The number of halogens is 6. The average Bonchev–Trinajstić information content (AvgIpc) is 2.73. The van der Waals surface area contributed by atoms with E-state index in [1.54, 1.807) is 0 Å². The Morgan fingerprint density at radius 1 is 0.682 bits per heavy atom. The Morgan fingerprint density at radius 2 is 0.955 bits per heavy atom. The highest BCUT2D eigenvalue weighted by atomic mass is 32.2. The molecule has 0 bridgehead atoms. The van der Waals surface area contributed by atoms with Crippen molar-refractivity contribution in [3.63, 3.8) is 0 Å². The summed E-state index contributed by atoms with van der Waals surface area (Å²) in [5.74, 6) is -8.79. The van der Waals surface area contributed by atoms with E-state index >= 15 is 0 Å². The van der Waals surface area contributed by atoms with Crippen LogP contribution in [0.25, 0.3) is 0 Å². The Morgan fingerprint density at radius 3 is 1.18 bits per heavy atom. The van der Waals surface area contributed by atoms with Gasteiger partial charge in [-0.05, 0) is 0 Å². The maximum atomic E-state index is 12.8. The summed E-state index contributed by atoms with van der Waals surface area (Å²) >= 11 is 0. The molecule has 0 N–H and O–H groups in total. The molecule has 0 aromatic carbocycles. The highest BCUT2D eigenvalue weighted by Gasteiger charge is 2.64. The zero-order valence-electron chi connectivity index (χ0n) is 10.3. The molecule has 2 heterocycles. The molecule has 22 heavy (non-hydrogen) atoms. The van der Waals surface area contributed by atoms with E-state index in [1.165, 1.54) is 0 Å². The van der Waals surface area contributed by atoms with Crippen LogP contribution in [-0.4, -0.2) is 52.9 Å². The number of alkyl halides is 6. The zero-order valence-corrected chi connectivity index (χ0v) is 11.9. The third-order valence-corrected chi connectivity index (χ3v) is 5.81. The SMILES string of the molecule is O=S1(=O)CC(C(F)(F)F)C(C2OS(=O)(=O)CC2C(F)(F)F)O1. The van der Waals surface area contributed by atoms with Crippen molar-refractivity contribution in [1.29, 1.82) is 0 Å². The highest BCUT2D eigenvalue weighted by Crippen LogP contribution is 2.46. The largest absolute Gasteiger partial charge is 0.395 e. The second-order valence-corrected chi connectivity index (χ2v) is 8.15. The van der Waals surface area contributed by atoms with E-state index in [-0.39, 0.29) is 0 Å². The predicted octanol–water partition coefficient (Wildman–Crippen LogP) is 0.801. The lowest BCUT2D eigenvalue weighted by atomic mass is 9.91. The Kier molecular flexibility index (Phi) is 3.99. The van der Waals surface area contributed by atoms with Gasteiger partial charge in [0.1, 0.15) is 24.0 Å². The van der Waals surface area contributed by atoms with Gasteiger partial charge in [-0.15, -0.1) is 0 Å². The first-order chi connectivity index (χ1) is 9.62. The fourth-order valence-corrected chi connectivity index (χ4v) is 5.27. The molecule has 0 aromatic rings. The van der Waals surface area contributed by atoms with Gasteiger partial charge in [0.05, 0.1) is 11.5 Å². The van der Waals surface area contributed by atoms with Crippen molar-refractivity contribution >= 4 is 20.2 Å². The molecule has 2 saturated heterocycles. The molecule has 4 unspecified atom stereocenters. The summed E-state index contributed by atoms with van der Waals surface area (Å²) in [4.78, 5) is 0. The van der Waals surface area contributed by atoms with Crippen molar-refractivity contribution in [2.24, 2.45) is 11.8 Å². The van der Waals surface area contributed by atoms with Crippen molar-refractivity contribution in [3.05, 3.63) is 0 Å². The molecule has 0 radical (unpaired) electrons. The Balaban J connectivity index is 2.43. The van der Waals surface area contributed by atoms with Crippen molar-refractivity contribution < 1.29 is 51.5 Å². The fourth-order valence-electron chi connectivity index (χ4n) is 2.31. The summed E-state index contributed by atoms with van der Waals surface area (Å²) in [7, 11) is -9.47. The number of rotatable bonds is 1. The lowest BCUT2D eigenvalue weighted by molar-refractivity contribution is -0.218. The van der Waals surface area contributed by atoms with Gasteiger partial charge in [0, 0.05) is 0 Å². The molecule has 2 aliphatic heterocycles. The van der Waals surface area contributed by atoms with Crippen LogP contribution in [0.2, 0.25) is 0 Å². The van der Waals surface area contributed by atoms with Crippen LogP contribution in [0.1, 0.15) is 0 Å². The minimum Gasteiger partial charge on any atom is -0.263 e. The second-order valence-electron chi connectivity index (χ2n) is 4.87. The zero-order chi connectivity index (χ0) is 17.1. The molecule has 2 fully saturated rings. The maximum Gasteiger partial charge on any atom is 0.395 e. The topological polar surface area (TPSA) is 86.7 Å². The van der Waals surface area contributed by atoms with Crippen LogP contribution in [-0.2, 0) is 28.6 Å². The quantitative estimate of drug-likeness (QED) is 0.496. The fraction of sp³-hybridized carbons (Fsp3) is 1.00. The summed E-state index contributed by atoms with van der Waals surface area (Å²) in [6.45, 7) is 0. The van der Waals surface area contributed by atoms with Crippen LogP contribution in [0.4, 0.5) is 26.3 Å². The van der Waals surface area contributed by atoms with E-state index in [0.29, 0.717) is 0 Å². The summed E-state index contributed by atoms with van der Waals surface area (Å²) in [5.41, 5.74) is 0. The summed E-state index contributed by atoms with van der Waals surface area (Å²) in [6.07, 6.45) is -15.6. The molecule has 0 amide bonds. The van der Waals surface area contributed by atoms with Gasteiger partial charge < -0.3 is 0 Å². The van der Waals surface area contributed by atoms with Crippen LogP contribution < -0.4 is 0 Å². The standard InChI is InChI=1S/C8H8F6O6S2/c9-7(10,11)3-1-21(15,16)19-5(3)6-4(8(12,13)14)2-22(17,18)20-6/h3-6H,1-2H2. The van der Waals surface area contributed by atoms with Crippen LogP contribution >= 0.6 is 0 Å². The second kappa shape index (κ2) is 4.95. The van der Waals surface area contributed by atoms with Crippen LogP contribution in [0, 0.1) is 11.8 Å². The summed E-state index contributed by atoms with van der Waals surface area (Å²) < 4.78 is 130. The van der Waals surface area contributed by atoms with Crippen LogP contribution in [0.15, 0.2) is 0 Å². The van der Waals surface area contributed by atoms with Gasteiger partial charge >= 0.3 is 12.4 Å². The molecule has 2 rings (SSSR count). The van der Waals surface area contributed by atoms with Crippen molar-refractivity contribution in [3.8, 4) is 0 Å². The molecule has 0 aromatic heterocycles. The van der Waals surface area contributed by atoms with Gasteiger partial charge in [-0.1, -0.05) is 0 Å². The Hall–Kier alpha value is -0.600. The molecule has 6 nitrogen and oxygen atoms in total. The van der Waals surface area contributed by atoms with Gasteiger partial charge in [0.15, 0.2) is 0 Å². The number of hydrogen-bond donors (Lipinski definition) is 0. The first-order valence-electron chi connectivity index (χ1n) is 5.58. The van der Waals surface area contributed by atoms with Gasteiger partial charge in [-0.25, -0.2) is 0 Å². The molecule has 0 spiro atoms. The highest BCUT2D eigenvalue weighted by molar-refractivity contribution is 7.87. The Labute approximate surface area is 120 Å². The summed E-state index contributed by atoms with van der Waals surface area (Å²) in [5, 5.41) is 0. The molecule has 14 heteroatoms. The van der Waals surface area contributed by atoms with Crippen LogP contribution in [0.3, 0.4) is 0 Å². The summed E-state index contributed by atoms with van der Waals surface area (Å²) in [6, 6.07) is 0. The van der Waals surface area contributed by atoms with Crippen LogP contribution in [0.5, 0.6) is 0 Å². The van der Waals surface area contributed by atoms with Crippen molar-refractivity contribution in [2.75, 3.05) is 11.5 Å². The maximum absolute atomic E-state index is 12.8. The molecular formula is C8H8F6O6S2.